The monoisotopic (exact) mass is 247 g/mol. The Morgan fingerprint density at radius 3 is 2.89 bits per heavy atom. The largest absolute Gasteiger partial charge is 0.546 e. The molecular weight excluding hydrogens is 240 g/mol. The second kappa shape index (κ2) is 4.66. The second-order valence-corrected chi connectivity index (χ2v) is 3.44. The maximum absolute atomic E-state index is 10.7. The van der Waals surface area contributed by atoms with Crippen LogP contribution in [0.2, 0.25) is 0 Å². The number of carboxylic acids is 1. The fraction of sp³-hybridized carbons (Fsp3) is 0.0909. The van der Waals surface area contributed by atoms with E-state index in [4.69, 9.17) is 4.74 Å². The van der Waals surface area contributed by atoms with E-state index in [-0.39, 0.29) is 11.4 Å². The highest BCUT2D eigenvalue weighted by Gasteiger charge is 2.13. The summed E-state index contributed by atoms with van der Waals surface area (Å²) in [6.07, 6.45) is 1.49. The van der Waals surface area contributed by atoms with Crippen LogP contribution in [-0.2, 0) is 4.79 Å². The summed E-state index contributed by atoms with van der Waals surface area (Å²) in [6.45, 7) is -0.688. The summed E-state index contributed by atoms with van der Waals surface area (Å²) in [5, 5.41) is 21.6. The molecule has 2 aromatic rings. The van der Waals surface area contributed by atoms with Crippen molar-refractivity contribution in [1.82, 2.24) is 4.98 Å². The number of aromatic nitrogens is 1. The Bertz CT molecular complexity index is 626. The molecule has 0 fully saturated rings. The number of fused-ring (bicyclic) bond motifs is 1. The summed E-state index contributed by atoms with van der Waals surface area (Å²) >= 11 is 0. The quantitative estimate of drug-likeness (QED) is 0.567. The van der Waals surface area contributed by atoms with Crippen molar-refractivity contribution in [1.29, 1.82) is 0 Å². The molecule has 18 heavy (non-hydrogen) atoms. The van der Waals surface area contributed by atoms with Gasteiger partial charge in [0, 0.05) is 17.6 Å². The van der Waals surface area contributed by atoms with Gasteiger partial charge in [0.2, 0.25) is 0 Å². The Morgan fingerprint density at radius 1 is 1.44 bits per heavy atom. The van der Waals surface area contributed by atoms with Gasteiger partial charge in [-0.3, -0.25) is 15.1 Å². The van der Waals surface area contributed by atoms with E-state index < -0.39 is 17.5 Å². The Labute approximate surface area is 101 Å². The van der Waals surface area contributed by atoms with E-state index in [1.165, 1.54) is 12.3 Å². The number of hydrogen-bond acceptors (Lipinski definition) is 6. The third-order valence-electron chi connectivity index (χ3n) is 2.21. The third-order valence-corrected chi connectivity index (χ3v) is 2.21. The zero-order chi connectivity index (χ0) is 13.1. The first-order valence-electron chi connectivity index (χ1n) is 4.94. The van der Waals surface area contributed by atoms with Crippen molar-refractivity contribution in [3.63, 3.8) is 0 Å². The van der Waals surface area contributed by atoms with E-state index in [1.54, 1.807) is 12.1 Å². The number of hydrogen-bond donors (Lipinski definition) is 0. The fourth-order valence-electron chi connectivity index (χ4n) is 1.50. The molecule has 1 aromatic carbocycles. The topological polar surface area (TPSA) is 105 Å². The van der Waals surface area contributed by atoms with E-state index in [9.17, 15) is 20.0 Å². The van der Waals surface area contributed by atoms with Crippen LogP contribution in [0.3, 0.4) is 0 Å². The molecule has 0 saturated carbocycles. The van der Waals surface area contributed by atoms with Gasteiger partial charge in [0.25, 0.3) is 5.69 Å². The zero-order valence-electron chi connectivity index (χ0n) is 9.03. The Hall–Kier alpha value is -2.70. The van der Waals surface area contributed by atoms with Gasteiger partial charge in [0.1, 0.15) is 12.1 Å². The SMILES string of the molecule is O=C([O-])COc1cc([N+](=O)[O-])cc2cccnc12. The van der Waals surface area contributed by atoms with Gasteiger partial charge in [-0.25, -0.2) is 0 Å². The highest BCUT2D eigenvalue weighted by molar-refractivity contribution is 5.87. The summed E-state index contributed by atoms with van der Waals surface area (Å²) < 4.78 is 4.94. The van der Waals surface area contributed by atoms with Crippen molar-refractivity contribution in [3.05, 3.63) is 40.6 Å². The molecule has 0 spiro atoms. The van der Waals surface area contributed by atoms with Crippen LogP contribution < -0.4 is 9.84 Å². The van der Waals surface area contributed by atoms with Crippen LogP contribution in [0.4, 0.5) is 5.69 Å². The van der Waals surface area contributed by atoms with Crippen LogP contribution in [0.15, 0.2) is 30.5 Å². The molecule has 2 rings (SSSR count). The molecule has 0 atom stereocenters. The first-order valence-corrected chi connectivity index (χ1v) is 4.94. The number of nitrogens with zero attached hydrogens (tertiary/aromatic N) is 2. The van der Waals surface area contributed by atoms with Crippen LogP contribution in [-0.4, -0.2) is 22.5 Å². The van der Waals surface area contributed by atoms with Gasteiger partial charge in [-0.2, -0.15) is 0 Å². The Morgan fingerprint density at radius 2 is 2.22 bits per heavy atom. The highest BCUT2D eigenvalue weighted by atomic mass is 16.6. The number of nitro benzene ring substituents is 1. The van der Waals surface area contributed by atoms with Gasteiger partial charge >= 0.3 is 0 Å². The smallest absolute Gasteiger partial charge is 0.273 e. The van der Waals surface area contributed by atoms with Gasteiger partial charge in [-0.15, -0.1) is 0 Å². The lowest BCUT2D eigenvalue weighted by Gasteiger charge is -2.08. The van der Waals surface area contributed by atoms with Crippen LogP contribution in [0.5, 0.6) is 5.75 Å². The minimum absolute atomic E-state index is 0.0454. The number of benzene rings is 1. The van der Waals surface area contributed by atoms with E-state index in [0.29, 0.717) is 10.9 Å². The summed E-state index contributed by atoms with van der Waals surface area (Å²) in [4.78, 5) is 24.5. The third kappa shape index (κ3) is 2.34. The molecule has 0 unspecified atom stereocenters. The fourth-order valence-corrected chi connectivity index (χ4v) is 1.50. The molecule has 0 aliphatic rings. The maximum Gasteiger partial charge on any atom is 0.273 e. The number of nitro groups is 1. The van der Waals surface area contributed by atoms with Crippen molar-refractivity contribution in [3.8, 4) is 5.75 Å². The normalized spacial score (nSPS) is 10.2. The lowest BCUT2D eigenvalue weighted by atomic mass is 10.2. The molecule has 0 aliphatic carbocycles. The van der Waals surface area contributed by atoms with Crippen molar-refractivity contribution in [2.24, 2.45) is 0 Å². The lowest BCUT2D eigenvalue weighted by molar-refractivity contribution is -0.384. The standard InChI is InChI=1S/C11H8N2O5/c14-10(15)6-18-9-5-8(13(16)17)4-7-2-1-3-12-11(7)9/h1-5H,6H2,(H,14,15)/p-1. The predicted molar refractivity (Wildman–Crippen MR) is 58.9 cm³/mol. The first-order chi connectivity index (χ1) is 8.58. The molecule has 1 aromatic heterocycles. The van der Waals surface area contributed by atoms with Gasteiger partial charge in [-0.1, -0.05) is 6.07 Å². The molecular formula is C11H7N2O5-. The number of non-ortho nitro benzene ring substituents is 1. The number of pyridine rings is 1. The van der Waals surface area contributed by atoms with Crippen LogP contribution in [0, 0.1) is 10.1 Å². The minimum Gasteiger partial charge on any atom is -0.546 e. The summed E-state index contributed by atoms with van der Waals surface area (Å²) in [6, 6.07) is 5.72. The average molecular weight is 247 g/mol. The molecule has 1 heterocycles. The summed E-state index contributed by atoms with van der Waals surface area (Å²) in [5.74, 6) is -1.37. The average Bonchev–Trinajstić information content (AvgIpc) is 2.35. The van der Waals surface area contributed by atoms with Crippen molar-refractivity contribution in [2.75, 3.05) is 6.61 Å². The molecule has 0 saturated heterocycles. The molecule has 0 N–H and O–H groups in total. The number of carboxylic acid groups (broad SMARTS) is 1. The molecule has 92 valence electrons. The number of ether oxygens (including phenoxy) is 1. The van der Waals surface area contributed by atoms with Crippen molar-refractivity contribution >= 4 is 22.6 Å². The molecule has 0 aliphatic heterocycles. The van der Waals surface area contributed by atoms with E-state index in [2.05, 4.69) is 4.98 Å². The molecule has 7 nitrogen and oxygen atoms in total. The predicted octanol–water partition coefficient (Wildman–Crippen LogP) is 0.272. The lowest BCUT2D eigenvalue weighted by Crippen LogP contribution is -2.29. The molecule has 0 amide bonds. The summed E-state index contributed by atoms with van der Waals surface area (Å²) in [5.41, 5.74) is 0.174. The van der Waals surface area contributed by atoms with Gasteiger partial charge in [0.05, 0.1) is 17.0 Å². The molecule has 0 radical (unpaired) electrons. The van der Waals surface area contributed by atoms with Crippen LogP contribution in [0.25, 0.3) is 10.9 Å². The number of carbonyl (C=O) groups excluding carboxylic acids is 1. The minimum atomic E-state index is -1.41. The van der Waals surface area contributed by atoms with Crippen LogP contribution >= 0.6 is 0 Å². The Kier molecular flexibility index (Phi) is 3.05. The van der Waals surface area contributed by atoms with E-state index in [0.717, 1.165) is 6.07 Å². The summed E-state index contributed by atoms with van der Waals surface area (Å²) in [7, 11) is 0. The first kappa shape index (κ1) is 11.8. The van der Waals surface area contributed by atoms with Crippen molar-refractivity contribution in [2.45, 2.75) is 0 Å². The van der Waals surface area contributed by atoms with Crippen LogP contribution in [0.1, 0.15) is 0 Å². The number of carbonyl (C=O) groups is 1. The van der Waals surface area contributed by atoms with E-state index >= 15 is 0 Å². The van der Waals surface area contributed by atoms with Gasteiger partial charge < -0.3 is 14.6 Å². The Balaban J connectivity index is 2.53. The number of rotatable bonds is 4. The van der Waals surface area contributed by atoms with Gasteiger partial charge in [0.15, 0.2) is 5.75 Å². The molecule has 7 heteroatoms. The number of aliphatic carboxylic acids is 1. The maximum atomic E-state index is 10.7. The zero-order valence-corrected chi connectivity index (χ0v) is 9.03. The highest BCUT2D eigenvalue weighted by Crippen LogP contribution is 2.29. The van der Waals surface area contributed by atoms with Gasteiger partial charge in [-0.05, 0) is 6.07 Å². The van der Waals surface area contributed by atoms with Crippen molar-refractivity contribution < 1.29 is 19.6 Å². The van der Waals surface area contributed by atoms with E-state index in [1.807, 2.05) is 0 Å². The molecule has 0 bridgehead atoms. The second-order valence-electron chi connectivity index (χ2n) is 3.44.